The zero-order valence-corrected chi connectivity index (χ0v) is 8.14. The molecule has 0 aliphatic carbocycles. The van der Waals surface area contributed by atoms with Gasteiger partial charge in [-0.2, -0.15) is 0 Å². The van der Waals surface area contributed by atoms with Gasteiger partial charge in [0.2, 0.25) is 0 Å². The highest BCUT2D eigenvalue weighted by atomic mass is 16.4. The van der Waals surface area contributed by atoms with Crippen molar-refractivity contribution >= 4 is 23.0 Å². The smallest absolute Gasteiger partial charge is 0.322 e. The van der Waals surface area contributed by atoms with Crippen LogP contribution in [0.3, 0.4) is 0 Å². The van der Waals surface area contributed by atoms with Crippen molar-refractivity contribution in [1.82, 2.24) is 10.3 Å². The van der Waals surface area contributed by atoms with E-state index in [-0.39, 0.29) is 0 Å². The Morgan fingerprint density at radius 1 is 1.44 bits per heavy atom. The Labute approximate surface area is 89.9 Å². The fourth-order valence-electron chi connectivity index (χ4n) is 1.26. The minimum absolute atomic E-state index is 0.350. The number of nitrogens with zero attached hydrogens (tertiary/aromatic N) is 1. The summed E-state index contributed by atoms with van der Waals surface area (Å²) in [5, 5.41) is 10.7. The molecule has 0 spiro atoms. The number of aromatic nitrogens is 1. The molecule has 2 aromatic rings. The third-order valence-electron chi connectivity index (χ3n) is 1.99. The van der Waals surface area contributed by atoms with Gasteiger partial charge in [0.15, 0.2) is 12.0 Å². The van der Waals surface area contributed by atoms with Crippen LogP contribution in [-0.2, 0) is 4.79 Å². The number of oxazole rings is 1. The number of carbonyl (C=O) groups excluding carboxylic acids is 1. The molecular weight excluding hydrogens is 212 g/mol. The van der Waals surface area contributed by atoms with Gasteiger partial charge in [-0.25, -0.2) is 4.98 Å². The first-order chi connectivity index (χ1) is 7.66. The van der Waals surface area contributed by atoms with Crippen LogP contribution in [-0.4, -0.2) is 28.5 Å². The van der Waals surface area contributed by atoms with Gasteiger partial charge in [0.05, 0.1) is 0 Å². The van der Waals surface area contributed by atoms with Crippen LogP contribution < -0.4 is 5.32 Å². The third kappa shape index (κ3) is 2.00. The lowest BCUT2D eigenvalue weighted by Crippen LogP contribution is -2.29. The average molecular weight is 220 g/mol. The van der Waals surface area contributed by atoms with Crippen LogP contribution in [0.5, 0.6) is 0 Å². The summed E-state index contributed by atoms with van der Waals surface area (Å²) >= 11 is 0. The van der Waals surface area contributed by atoms with Gasteiger partial charge >= 0.3 is 5.97 Å². The van der Waals surface area contributed by atoms with Crippen molar-refractivity contribution in [3.8, 4) is 0 Å². The topological polar surface area (TPSA) is 92.4 Å². The predicted molar refractivity (Wildman–Crippen MR) is 54.0 cm³/mol. The molecule has 0 saturated carbocycles. The summed E-state index contributed by atoms with van der Waals surface area (Å²) in [6, 6.07) is 4.69. The van der Waals surface area contributed by atoms with E-state index in [9.17, 15) is 9.59 Å². The molecule has 1 amide bonds. The van der Waals surface area contributed by atoms with Crippen molar-refractivity contribution in [3.63, 3.8) is 0 Å². The lowest BCUT2D eigenvalue weighted by molar-refractivity contribution is -0.135. The Morgan fingerprint density at radius 3 is 3.00 bits per heavy atom. The van der Waals surface area contributed by atoms with E-state index in [0.717, 1.165) is 0 Å². The van der Waals surface area contributed by atoms with E-state index in [0.29, 0.717) is 16.7 Å². The highest BCUT2D eigenvalue weighted by molar-refractivity contribution is 5.98. The summed E-state index contributed by atoms with van der Waals surface area (Å²) in [4.78, 5) is 25.6. The maximum atomic E-state index is 11.5. The minimum atomic E-state index is -1.09. The highest BCUT2D eigenvalue weighted by Crippen LogP contribution is 2.13. The molecule has 0 saturated heterocycles. The molecule has 2 N–H and O–H groups in total. The molecule has 0 aliphatic rings. The van der Waals surface area contributed by atoms with Crippen LogP contribution >= 0.6 is 0 Å². The van der Waals surface area contributed by atoms with Crippen molar-refractivity contribution in [3.05, 3.63) is 30.2 Å². The van der Waals surface area contributed by atoms with Gasteiger partial charge in [-0.15, -0.1) is 0 Å². The molecule has 16 heavy (non-hydrogen) atoms. The molecule has 1 heterocycles. The van der Waals surface area contributed by atoms with Crippen LogP contribution in [0.25, 0.3) is 11.1 Å². The Balaban J connectivity index is 2.19. The van der Waals surface area contributed by atoms with Crippen molar-refractivity contribution in [1.29, 1.82) is 0 Å². The summed E-state index contributed by atoms with van der Waals surface area (Å²) in [5.41, 5.74) is 1.49. The number of nitrogens with one attached hydrogen (secondary N) is 1. The lowest BCUT2D eigenvalue weighted by atomic mass is 10.2. The van der Waals surface area contributed by atoms with Crippen molar-refractivity contribution in [2.24, 2.45) is 0 Å². The van der Waals surface area contributed by atoms with E-state index in [4.69, 9.17) is 9.52 Å². The van der Waals surface area contributed by atoms with Crippen molar-refractivity contribution < 1.29 is 19.1 Å². The maximum Gasteiger partial charge on any atom is 0.322 e. The van der Waals surface area contributed by atoms with Gasteiger partial charge in [-0.1, -0.05) is 0 Å². The summed E-state index contributed by atoms with van der Waals surface area (Å²) in [6.45, 7) is -0.407. The fourth-order valence-corrected chi connectivity index (χ4v) is 1.26. The highest BCUT2D eigenvalue weighted by Gasteiger charge is 2.08. The number of aliphatic carboxylic acids is 1. The molecule has 82 valence electrons. The summed E-state index contributed by atoms with van der Waals surface area (Å²) in [5.74, 6) is -1.54. The standard InChI is InChI=1S/C10H8N2O4/c13-9(14)4-11-10(15)6-1-2-8-7(3-6)12-5-16-8/h1-3,5H,4H2,(H,11,15)(H,13,14). The van der Waals surface area contributed by atoms with Crippen molar-refractivity contribution in [2.75, 3.05) is 6.54 Å². The molecular formula is C10H8N2O4. The van der Waals surface area contributed by atoms with Crippen LogP contribution in [0, 0.1) is 0 Å². The zero-order valence-electron chi connectivity index (χ0n) is 8.14. The first-order valence-corrected chi connectivity index (χ1v) is 4.50. The molecule has 0 aliphatic heterocycles. The second kappa shape index (κ2) is 4.01. The monoisotopic (exact) mass is 220 g/mol. The van der Waals surface area contributed by atoms with Gasteiger partial charge in [-0.05, 0) is 18.2 Å². The molecule has 1 aromatic carbocycles. The van der Waals surface area contributed by atoms with Crippen LogP contribution in [0.15, 0.2) is 29.0 Å². The molecule has 6 heteroatoms. The molecule has 2 rings (SSSR count). The lowest BCUT2D eigenvalue weighted by Gasteiger charge is -2.01. The molecule has 6 nitrogen and oxygen atoms in total. The molecule has 0 bridgehead atoms. The Kier molecular flexibility index (Phi) is 2.55. The van der Waals surface area contributed by atoms with E-state index in [1.165, 1.54) is 12.5 Å². The number of amides is 1. The van der Waals surface area contributed by atoms with Crippen molar-refractivity contribution in [2.45, 2.75) is 0 Å². The van der Waals surface area contributed by atoms with Gasteiger partial charge < -0.3 is 14.8 Å². The summed E-state index contributed by atoms with van der Waals surface area (Å²) in [7, 11) is 0. The maximum absolute atomic E-state index is 11.5. The first-order valence-electron chi connectivity index (χ1n) is 4.50. The van der Waals surface area contributed by atoms with Gasteiger partial charge in [-0.3, -0.25) is 9.59 Å². The number of carboxylic acid groups (broad SMARTS) is 1. The summed E-state index contributed by atoms with van der Waals surface area (Å²) in [6.07, 6.45) is 1.28. The zero-order chi connectivity index (χ0) is 11.5. The third-order valence-corrected chi connectivity index (χ3v) is 1.99. The molecule has 0 unspecified atom stereocenters. The Hall–Kier alpha value is -2.37. The van der Waals surface area contributed by atoms with E-state index >= 15 is 0 Å². The Bertz CT molecular complexity index is 546. The van der Waals surface area contributed by atoms with E-state index in [2.05, 4.69) is 10.3 Å². The van der Waals surface area contributed by atoms with E-state index in [1.807, 2.05) is 0 Å². The van der Waals surface area contributed by atoms with Gasteiger partial charge in [0, 0.05) is 5.56 Å². The Morgan fingerprint density at radius 2 is 2.25 bits per heavy atom. The fraction of sp³-hybridized carbons (Fsp3) is 0.100. The van der Waals surface area contributed by atoms with Crippen LogP contribution in [0.4, 0.5) is 0 Å². The quantitative estimate of drug-likeness (QED) is 0.791. The van der Waals surface area contributed by atoms with Gasteiger partial charge in [0.25, 0.3) is 5.91 Å². The first kappa shape index (κ1) is 10.2. The second-order valence-corrected chi connectivity index (χ2v) is 3.11. The predicted octanol–water partition coefficient (Wildman–Crippen LogP) is 0.642. The normalized spacial score (nSPS) is 10.2. The number of hydrogen-bond donors (Lipinski definition) is 2. The van der Waals surface area contributed by atoms with Crippen LogP contribution in [0.1, 0.15) is 10.4 Å². The number of benzene rings is 1. The average Bonchev–Trinajstić information content (AvgIpc) is 2.72. The van der Waals surface area contributed by atoms with E-state index in [1.54, 1.807) is 12.1 Å². The molecule has 0 radical (unpaired) electrons. The number of carboxylic acids is 1. The largest absolute Gasteiger partial charge is 0.480 e. The minimum Gasteiger partial charge on any atom is -0.480 e. The summed E-state index contributed by atoms with van der Waals surface area (Å²) < 4.78 is 5.01. The second-order valence-electron chi connectivity index (χ2n) is 3.11. The molecule has 0 atom stereocenters. The van der Waals surface area contributed by atoms with Gasteiger partial charge in [0.1, 0.15) is 12.1 Å². The number of carbonyl (C=O) groups is 2. The van der Waals surface area contributed by atoms with Crippen LogP contribution in [0.2, 0.25) is 0 Å². The SMILES string of the molecule is O=C(O)CNC(=O)c1ccc2ocnc2c1. The number of fused-ring (bicyclic) bond motifs is 1. The molecule has 0 fully saturated rings. The number of hydrogen-bond acceptors (Lipinski definition) is 4. The van der Waals surface area contributed by atoms with E-state index < -0.39 is 18.4 Å². The molecule has 1 aromatic heterocycles. The number of rotatable bonds is 3.